The first kappa shape index (κ1) is 12.6. The highest BCUT2D eigenvalue weighted by atomic mass is 16.5. The van der Waals surface area contributed by atoms with Crippen LogP contribution in [0.3, 0.4) is 0 Å². The lowest BCUT2D eigenvalue weighted by Gasteiger charge is -2.04. The highest BCUT2D eigenvalue weighted by Gasteiger charge is 2.07. The number of aromatic nitrogens is 1. The van der Waals surface area contributed by atoms with Crippen LogP contribution in [0.15, 0.2) is 24.4 Å². The highest BCUT2D eigenvalue weighted by molar-refractivity contribution is 5.85. The zero-order valence-electron chi connectivity index (χ0n) is 10.5. The molecule has 0 bridgehead atoms. The maximum Gasteiger partial charge on any atom is 0.311 e. The number of nitrogens with two attached hydrogens (primary N) is 1. The van der Waals surface area contributed by atoms with E-state index in [1.165, 1.54) is 0 Å². The van der Waals surface area contributed by atoms with Gasteiger partial charge in [-0.15, -0.1) is 0 Å². The second-order valence-electron chi connectivity index (χ2n) is 4.28. The summed E-state index contributed by atoms with van der Waals surface area (Å²) in [7, 11) is 0. The molecule has 0 fully saturated rings. The second-order valence-corrected chi connectivity index (χ2v) is 4.28. The van der Waals surface area contributed by atoms with Crippen molar-refractivity contribution >= 4 is 16.9 Å². The topological polar surface area (TPSA) is 68.1 Å². The standard InChI is InChI=1S/C14H18N2O2/c1-2-3-14(17)18-11-4-5-13-12(8-11)10(6-7-15)9-16-13/h4-5,8-9,16H,2-3,6-7,15H2,1H3. The van der Waals surface area contributed by atoms with E-state index in [-0.39, 0.29) is 5.97 Å². The van der Waals surface area contributed by atoms with Crippen molar-refractivity contribution in [2.24, 2.45) is 5.73 Å². The molecule has 2 rings (SSSR count). The van der Waals surface area contributed by atoms with Crippen LogP contribution in [0.5, 0.6) is 5.75 Å². The van der Waals surface area contributed by atoms with E-state index in [9.17, 15) is 4.79 Å². The third kappa shape index (κ3) is 2.71. The minimum Gasteiger partial charge on any atom is -0.427 e. The Morgan fingerprint density at radius 2 is 2.28 bits per heavy atom. The Kier molecular flexibility index (Phi) is 3.99. The Morgan fingerprint density at radius 1 is 1.44 bits per heavy atom. The van der Waals surface area contributed by atoms with Gasteiger partial charge in [-0.25, -0.2) is 0 Å². The third-order valence-electron chi connectivity index (χ3n) is 2.84. The Labute approximate surface area is 106 Å². The maximum atomic E-state index is 11.4. The van der Waals surface area contributed by atoms with Gasteiger partial charge in [0, 0.05) is 23.5 Å². The molecule has 0 radical (unpaired) electrons. The lowest BCUT2D eigenvalue weighted by Crippen LogP contribution is -2.06. The van der Waals surface area contributed by atoms with Gasteiger partial charge in [-0.2, -0.15) is 0 Å². The molecule has 0 saturated heterocycles. The van der Waals surface area contributed by atoms with Gasteiger partial charge in [0.15, 0.2) is 0 Å². The Balaban J connectivity index is 2.24. The van der Waals surface area contributed by atoms with Gasteiger partial charge in [0.1, 0.15) is 5.75 Å². The number of benzene rings is 1. The minimum absolute atomic E-state index is 0.187. The average molecular weight is 246 g/mol. The molecule has 0 aliphatic carbocycles. The van der Waals surface area contributed by atoms with Gasteiger partial charge in [0.2, 0.25) is 0 Å². The molecule has 0 aliphatic rings. The minimum atomic E-state index is -0.187. The molecule has 0 aliphatic heterocycles. The summed E-state index contributed by atoms with van der Waals surface area (Å²) in [4.78, 5) is 14.6. The van der Waals surface area contributed by atoms with E-state index in [2.05, 4.69) is 4.98 Å². The normalized spacial score (nSPS) is 10.8. The molecule has 1 aromatic carbocycles. The summed E-state index contributed by atoms with van der Waals surface area (Å²) in [5.74, 6) is 0.409. The van der Waals surface area contributed by atoms with Crippen molar-refractivity contribution in [2.45, 2.75) is 26.2 Å². The number of carbonyl (C=O) groups excluding carboxylic acids is 1. The van der Waals surface area contributed by atoms with Gasteiger partial charge < -0.3 is 15.5 Å². The van der Waals surface area contributed by atoms with E-state index >= 15 is 0 Å². The van der Waals surface area contributed by atoms with Crippen LogP contribution in [0.4, 0.5) is 0 Å². The number of aromatic amines is 1. The van der Waals surface area contributed by atoms with Crippen LogP contribution in [-0.2, 0) is 11.2 Å². The molecule has 1 aromatic heterocycles. The van der Waals surface area contributed by atoms with Crippen LogP contribution in [0.2, 0.25) is 0 Å². The van der Waals surface area contributed by atoms with Gasteiger partial charge in [-0.1, -0.05) is 6.92 Å². The van der Waals surface area contributed by atoms with Gasteiger partial charge in [0.25, 0.3) is 0 Å². The van der Waals surface area contributed by atoms with Crippen molar-refractivity contribution in [3.05, 3.63) is 30.0 Å². The summed E-state index contributed by atoms with van der Waals surface area (Å²) in [6.45, 7) is 2.56. The quantitative estimate of drug-likeness (QED) is 0.628. The predicted molar refractivity (Wildman–Crippen MR) is 71.6 cm³/mol. The molecule has 3 N–H and O–H groups in total. The van der Waals surface area contributed by atoms with Crippen molar-refractivity contribution in [3.63, 3.8) is 0 Å². The monoisotopic (exact) mass is 246 g/mol. The van der Waals surface area contributed by atoms with E-state index in [0.29, 0.717) is 18.7 Å². The molecule has 4 heteroatoms. The lowest BCUT2D eigenvalue weighted by molar-refractivity contribution is -0.134. The van der Waals surface area contributed by atoms with Crippen molar-refractivity contribution in [3.8, 4) is 5.75 Å². The smallest absolute Gasteiger partial charge is 0.311 e. The van der Waals surface area contributed by atoms with E-state index in [0.717, 1.165) is 29.3 Å². The van der Waals surface area contributed by atoms with Crippen LogP contribution >= 0.6 is 0 Å². The maximum absolute atomic E-state index is 11.4. The van der Waals surface area contributed by atoms with E-state index in [1.807, 2.05) is 25.3 Å². The molecule has 1 heterocycles. The molecule has 0 unspecified atom stereocenters. The van der Waals surface area contributed by atoms with Crippen molar-refractivity contribution in [1.29, 1.82) is 0 Å². The summed E-state index contributed by atoms with van der Waals surface area (Å²) in [6.07, 6.45) is 4.01. The zero-order valence-corrected chi connectivity index (χ0v) is 10.5. The fraction of sp³-hybridized carbons (Fsp3) is 0.357. The fourth-order valence-electron chi connectivity index (χ4n) is 1.97. The zero-order chi connectivity index (χ0) is 13.0. The highest BCUT2D eigenvalue weighted by Crippen LogP contribution is 2.24. The SMILES string of the molecule is CCCC(=O)Oc1ccc2[nH]cc(CCN)c2c1. The molecule has 2 aromatic rings. The molecule has 4 nitrogen and oxygen atoms in total. The molecule has 0 amide bonds. The summed E-state index contributed by atoms with van der Waals surface area (Å²) in [6, 6.07) is 5.62. The molecule has 0 spiro atoms. The van der Waals surface area contributed by atoms with Gasteiger partial charge in [0.05, 0.1) is 0 Å². The van der Waals surface area contributed by atoms with Crippen LogP contribution in [-0.4, -0.2) is 17.5 Å². The predicted octanol–water partition coefficient (Wildman–Crippen LogP) is 2.37. The average Bonchev–Trinajstić information content (AvgIpc) is 2.73. The number of esters is 1. The van der Waals surface area contributed by atoms with Gasteiger partial charge >= 0.3 is 5.97 Å². The molecular formula is C14H18N2O2. The summed E-state index contributed by atoms with van der Waals surface area (Å²) in [5, 5.41) is 1.07. The van der Waals surface area contributed by atoms with Gasteiger partial charge in [-0.05, 0) is 43.1 Å². The van der Waals surface area contributed by atoms with Crippen LogP contribution in [0.25, 0.3) is 10.9 Å². The number of fused-ring (bicyclic) bond motifs is 1. The van der Waals surface area contributed by atoms with Crippen molar-refractivity contribution < 1.29 is 9.53 Å². The number of ether oxygens (including phenoxy) is 1. The summed E-state index contributed by atoms with van der Waals surface area (Å²) in [5.41, 5.74) is 7.76. The van der Waals surface area contributed by atoms with Crippen molar-refractivity contribution in [1.82, 2.24) is 4.98 Å². The van der Waals surface area contributed by atoms with Crippen LogP contribution in [0.1, 0.15) is 25.3 Å². The number of carbonyl (C=O) groups is 1. The summed E-state index contributed by atoms with van der Waals surface area (Å²) < 4.78 is 5.28. The first-order valence-corrected chi connectivity index (χ1v) is 6.25. The second kappa shape index (κ2) is 5.69. The first-order chi connectivity index (χ1) is 8.74. The number of hydrogen-bond donors (Lipinski definition) is 2. The molecule has 0 atom stereocenters. The Hall–Kier alpha value is -1.81. The van der Waals surface area contributed by atoms with Crippen molar-refractivity contribution in [2.75, 3.05) is 6.54 Å². The Morgan fingerprint density at radius 3 is 3.00 bits per heavy atom. The van der Waals surface area contributed by atoms with Gasteiger partial charge in [-0.3, -0.25) is 4.79 Å². The van der Waals surface area contributed by atoms with E-state index in [4.69, 9.17) is 10.5 Å². The number of nitrogens with one attached hydrogen (secondary N) is 1. The summed E-state index contributed by atoms with van der Waals surface area (Å²) >= 11 is 0. The number of rotatable bonds is 5. The number of H-pyrrole nitrogens is 1. The Bertz CT molecular complexity index is 546. The molecule has 18 heavy (non-hydrogen) atoms. The van der Waals surface area contributed by atoms with Crippen LogP contribution < -0.4 is 10.5 Å². The molecule has 96 valence electrons. The largest absolute Gasteiger partial charge is 0.427 e. The van der Waals surface area contributed by atoms with E-state index < -0.39 is 0 Å². The van der Waals surface area contributed by atoms with Crippen LogP contribution in [0, 0.1) is 0 Å². The van der Waals surface area contributed by atoms with E-state index in [1.54, 1.807) is 6.07 Å². The fourth-order valence-corrected chi connectivity index (χ4v) is 1.97. The molecule has 0 saturated carbocycles. The molecular weight excluding hydrogens is 228 g/mol. The first-order valence-electron chi connectivity index (χ1n) is 6.25. The third-order valence-corrected chi connectivity index (χ3v) is 2.84. The lowest BCUT2D eigenvalue weighted by atomic mass is 10.1. The number of hydrogen-bond acceptors (Lipinski definition) is 3.